The maximum Gasteiger partial charge on any atom is 0.339 e. The van der Waals surface area contributed by atoms with E-state index in [9.17, 15) is 4.79 Å². The Hall–Kier alpha value is -2.11. The lowest BCUT2D eigenvalue weighted by molar-refractivity contribution is 0.0600. The van der Waals surface area contributed by atoms with Gasteiger partial charge in [-0.3, -0.25) is 20.4 Å². The number of esters is 1. The lowest BCUT2D eigenvalue weighted by Crippen LogP contribution is -2.42. The molecule has 0 amide bonds. The number of hydrazine groups is 1. The zero-order valence-corrected chi connectivity index (χ0v) is 8.88. The molecule has 2 rings (SSSR count). The van der Waals surface area contributed by atoms with Gasteiger partial charge in [0, 0.05) is 6.20 Å². The Morgan fingerprint density at radius 2 is 2.44 bits per heavy atom. The predicted molar refractivity (Wildman–Crippen MR) is 59.4 cm³/mol. The Labute approximate surface area is 92.9 Å². The van der Waals surface area contributed by atoms with Crippen molar-refractivity contribution in [3.05, 3.63) is 24.0 Å². The van der Waals surface area contributed by atoms with Crippen LogP contribution in [0.3, 0.4) is 0 Å². The number of hydrogen-bond donors (Lipinski definition) is 1. The van der Waals surface area contributed by atoms with Gasteiger partial charge < -0.3 is 4.74 Å². The van der Waals surface area contributed by atoms with Gasteiger partial charge in [-0.25, -0.2) is 4.79 Å². The van der Waals surface area contributed by atoms with Crippen molar-refractivity contribution >= 4 is 18.0 Å². The fourth-order valence-corrected chi connectivity index (χ4v) is 1.41. The van der Waals surface area contributed by atoms with Gasteiger partial charge >= 0.3 is 5.97 Å². The molecule has 1 aromatic heterocycles. The Morgan fingerprint density at radius 1 is 1.56 bits per heavy atom. The molecule has 0 saturated carbocycles. The van der Waals surface area contributed by atoms with Gasteiger partial charge in [-0.05, 0) is 6.07 Å². The highest BCUT2D eigenvalue weighted by atomic mass is 16.5. The topological polar surface area (TPSA) is 66.8 Å². The number of nitrogens with one attached hydrogen (secondary N) is 1. The lowest BCUT2D eigenvalue weighted by Gasteiger charge is -2.25. The van der Waals surface area contributed by atoms with Crippen LogP contribution < -0.4 is 10.4 Å². The van der Waals surface area contributed by atoms with Gasteiger partial charge in [-0.2, -0.15) is 0 Å². The molecule has 0 bridgehead atoms. The summed E-state index contributed by atoms with van der Waals surface area (Å²) < 4.78 is 4.63. The molecule has 0 spiro atoms. The first-order valence-electron chi connectivity index (χ1n) is 4.86. The van der Waals surface area contributed by atoms with Gasteiger partial charge in [-0.15, -0.1) is 0 Å². The zero-order chi connectivity index (χ0) is 11.4. The molecular weight excluding hydrogens is 208 g/mol. The van der Waals surface area contributed by atoms with E-state index in [1.807, 2.05) is 5.01 Å². The quantitative estimate of drug-likeness (QED) is 0.722. The maximum atomic E-state index is 11.3. The van der Waals surface area contributed by atoms with E-state index in [1.54, 1.807) is 18.6 Å². The number of nitrogens with zero attached hydrogens (tertiary/aromatic N) is 3. The highest BCUT2D eigenvalue weighted by Crippen LogP contribution is 2.13. The molecule has 0 aliphatic carbocycles. The number of ether oxygens (including phenoxy) is 1. The molecule has 0 saturated heterocycles. The normalized spacial score (nSPS) is 14.4. The SMILES string of the molecule is COC(=O)c1cncc(N2CCN=CN2)c1. The highest BCUT2D eigenvalue weighted by Gasteiger charge is 2.11. The summed E-state index contributed by atoms with van der Waals surface area (Å²) in [6, 6.07) is 1.73. The molecule has 1 aliphatic heterocycles. The van der Waals surface area contributed by atoms with Crippen molar-refractivity contribution < 1.29 is 9.53 Å². The van der Waals surface area contributed by atoms with Crippen LogP contribution in [0.4, 0.5) is 5.69 Å². The standard InChI is InChI=1S/C10H12N4O2/c1-16-10(15)8-4-9(6-12-5-8)14-3-2-11-7-13-14/h4-7H,2-3H2,1H3,(H,11,13). The van der Waals surface area contributed by atoms with Crippen molar-refractivity contribution in [1.82, 2.24) is 10.4 Å². The zero-order valence-electron chi connectivity index (χ0n) is 8.88. The summed E-state index contributed by atoms with van der Waals surface area (Å²) in [5, 5.41) is 1.87. The van der Waals surface area contributed by atoms with E-state index < -0.39 is 0 Å². The fourth-order valence-electron chi connectivity index (χ4n) is 1.41. The maximum absolute atomic E-state index is 11.3. The molecule has 1 N–H and O–H groups in total. The third-order valence-corrected chi connectivity index (χ3v) is 2.21. The van der Waals surface area contributed by atoms with Crippen LogP contribution in [0.5, 0.6) is 0 Å². The third kappa shape index (κ3) is 2.10. The highest BCUT2D eigenvalue weighted by molar-refractivity contribution is 5.90. The number of anilines is 1. The first-order valence-corrected chi connectivity index (χ1v) is 4.86. The van der Waals surface area contributed by atoms with Crippen molar-refractivity contribution in [3.63, 3.8) is 0 Å². The Balaban J connectivity index is 2.21. The van der Waals surface area contributed by atoms with Crippen LogP contribution in [0.15, 0.2) is 23.5 Å². The van der Waals surface area contributed by atoms with E-state index in [0.29, 0.717) is 5.56 Å². The summed E-state index contributed by atoms with van der Waals surface area (Å²) in [6.45, 7) is 1.46. The molecule has 6 heteroatoms. The van der Waals surface area contributed by atoms with E-state index in [4.69, 9.17) is 0 Å². The first kappa shape index (κ1) is 10.4. The second-order valence-corrected chi connectivity index (χ2v) is 3.24. The molecule has 1 aliphatic rings. The van der Waals surface area contributed by atoms with Gasteiger partial charge in [0.05, 0.1) is 37.6 Å². The minimum atomic E-state index is -0.389. The number of carbonyl (C=O) groups excluding carboxylic acids is 1. The minimum Gasteiger partial charge on any atom is -0.465 e. The van der Waals surface area contributed by atoms with Gasteiger partial charge in [0.15, 0.2) is 0 Å². The van der Waals surface area contributed by atoms with E-state index in [2.05, 4.69) is 20.1 Å². The van der Waals surface area contributed by atoms with Crippen LogP contribution in [0.1, 0.15) is 10.4 Å². The average Bonchev–Trinajstić information content (AvgIpc) is 2.39. The first-order chi connectivity index (χ1) is 7.81. The number of hydrogen-bond acceptors (Lipinski definition) is 6. The van der Waals surface area contributed by atoms with Crippen LogP contribution in [-0.2, 0) is 4.74 Å². The molecule has 0 fully saturated rings. The van der Waals surface area contributed by atoms with Crippen LogP contribution >= 0.6 is 0 Å². The van der Waals surface area contributed by atoms with Crippen LogP contribution in [-0.4, -0.2) is 37.5 Å². The molecule has 0 unspecified atom stereocenters. The summed E-state index contributed by atoms with van der Waals surface area (Å²) in [7, 11) is 1.35. The number of rotatable bonds is 2. The Morgan fingerprint density at radius 3 is 3.12 bits per heavy atom. The minimum absolute atomic E-state index is 0.389. The second kappa shape index (κ2) is 4.61. The molecule has 2 heterocycles. The van der Waals surface area contributed by atoms with Crippen molar-refractivity contribution in [2.75, 3.05) is 25.2 Å². The fraction of sp³-hybridized carbons (Fsp3) is 0.300. The number of aliphatic imine (C=N–C) groups is 1. The largest absolute Gasteiger partial charge is 0.465 e. The third-order valence-electron chi connectivity index (χ3n) is 2.21. The molecule has 0 aromatic carbocycles. The number of pyridine rings is 1. The number of methoxy groups -OCH3 is 1. The van der Waals surface area contributed by atoms with E-state index in [-0.39, 0.29) is 5.97 Å². The molecule has 6 nitrogen and oxygen atoms in total. The molecule has 84 valence electrons. The molecule has 1 aromatic rings. The molecule has 16 heavy (non-hydrogen) atoms. The van der Waals surface area contributed by atoms with Crippen LogP contribution in [0, 0.1) is 0 Å². The summed E-state index contributed by atoms with van der Waals surface area (Å²) in [5.41, 5.74) is 4.22. The van der Waals surface area contributed by atoms with Crippen molar-refractivity contribution in [2.24, 2.45) is 4.99 Å². The molecule has 0 atom stereocenters. The monoisotopic (exact) mass is 220 g/mol. The smallest absolute Gasteiger partial charge is 0.339 e. The van der Waals surface area contributed by atoms with Crippen LogP contribution in [0.25, 0.3) is 0 Å². The van der Waals surface area contributed by atoms with Crippen molar-refractivity contribution in [2.45, 2.75) is 0 Å². The Bertz CT molecular complexity index is 419. The number of aromatic nitrogens is 1. The summed E-state index contributed by atoms with van der Waals surface area (Å²) >= 11 is 0. The Kier molecular flexibility index (Phi) is 3.00. The van der Waals surface area contributed by atoms with Crippen LogP contribution in [0.2, 0.25) is 0 Å². The average molecular weight is 220 g/mol. The lowest BCUT2D eigenvalue weighted by atomic mass is 10.2. The van der Waals surface area contributed by atoms with E-state index in [0.717, 1.165) is 18.8 Å². The van der Waals surface area contributed by atoms with Gasteiger partial charge in [-0.1, -0.05) is 0 Å². The second-order valence-electron chi connectivity index (χ2n) is 3.24. The van der Waals surface area contributed by atoms with E-state index in [1.165, 1.54) is 13.3 Å². The van der Waals surface area contributed by atoms with Crippen molar-refractivity contribution in [3.8, 4) is 0 Å². The molecular formula is C10H12N4O2. The van der Waals surface area contributed by atoms with Crippen molar-refractivity contribution in [1.29, 1.82) is 0 Å². The molecule has 0 radical (unpaired) electrons. The van der Waals surface area contributed by atoms with E-state index >= 15 is 0 Å². The predicted octanol–water partition coefficient (Wildman–Crippen LogP) is 0.221. The summed E-state index contributed by atoms with van der Waals surface area (Å²) in [6.07, 6.45) is 4.78. The summed E-state index contributed by atoms with van der Waals surface area (Å²) in [4.78, 5) is 19.4. The van der Waals surface area contributed by atoms with Gasteiger partial charge in [0.2, 0.25) is 0 Å². The van der Waals surface area contributed by atoms with Gasteiger partial charge in [0.25, 0.3) is 0 Å². The van der Waals surface area contributed by atoms with Gasteiger partial charge in [0.1, 0.15) is 6.34 Å². The summed E-state index contributed by atoms with van der Waals surface area (Å²) in [5.74, 6) is -0.389. The number of carbonyl (C=O) groups is 1.